The molecule has 0 fully saturated rings. The zero-order valence-corrected chi connectivity index (χ0v) is 12.6. The minimum absolute atomic E-state index is 0.428. The molecule has 0 radical (unpaired) electrons. The molecule has 2 rings (SSSR count). The summed E-state index contributed by atoms with van der Waals surface area (Å²) in [6.45, 7) is 1.16. The van der Waals surface area contributed by atoms with E-state index in [0.717, 1.165) is 12.1 Å². The third-order valence-corrected chi connectivity index (χ3v) is 5.31. The minimum Gasteiger partial charge on any atom is -0.326 e. The lowest BCUT2D eigenvalue weighted by Gasteiger charge is -2.14. The molecular weight excluding hydrogens is 320 g/mol. The van der Waals surface area contributed by atoms with Crippen molar-refractivity contribution in [1.82, 2.24) is 9.71 Å². The van der Waals surface area contributed by atoms with Crippen LogP contribution in [0.25, 0.3) is 0 Å². The van der Waals surface area contributed by atoms with Crippen LogP contribution >= 0.6 is 11.3 Å². The van der Waals surface area contributed by atoms with Crippen LogP contribution in [0.5, 0.6) is 0 Å². The molecule has 1 atom stereocenters. The molecule has 0 aliphatic heterocycles. The predicted octanol–water partition coefficient (Wildman–Crippen LogP) is 1.92. The molecule has 0 spiro atoms. The Hall–Kier alpha value is -1.42. The SMILES string of the molecule is CC(NS(=O)(=O)c1ccc(F)c(CN)c1F)c1nccs1. The maximum atomic E-state index is 14.1. The summed E-state index contributed by atoms with van der Waals surface area (Å²) in [5.41, 5.74) is 4.78. The number of sulfonamides is 1. The van der Waals surface area contributed by atoms with Crippen molar-refractivity contribution in [2.75, 3.05) is 0 Å². The second-order valence-electron chi connectivity index (χ2n) is 4.26. The zero-order chi connectivity index (χ0) is 15.6. The molecule has 1 heterocycles. The van der Waals surface area contributed by atoms with Gasteiger partial charge >= 0.3 is 0 Å². The number of nitrogens with one attached hydrogen (secondary N) is 1. The number of hydrogen-bond donors (Lipinski definition) is 2. The van der Waals surface area contributed by atoms with Crippen molar-refractivity contribution in [2.24, 2.45) is 5.73 Å². The second kappa shape index (κ2) is 6.14. The number of thiazole rings is 1. The number of hydrogen-bond acceptors (Lipinski definition) is 5. The number of rotatable bonds is 5. The molecular formula is C12H13F2N3O2S2. The summed E-state index contributed by atoms with van der Waals surface area (Å²) in [5, 5.41) is 2.24. The van der Waals surface area contributed by atoms with Crippen LogP contribution in [0.15, 0.2) is 28.6 Å². The van der Waals surface area contributed by atoms with Gasteiger partial charge in [-0.3, -0.25) is 0 Å². The lowest BCUT2D eigenvalue weighted by Crippen LogP contribution is -2.28. The molecule has 0 saturated heterocycles. The summed E-state index contributed by atoms with van der Waals surface area (Å²) in [4.78, 5) is 3.35. The Balaban J connectivity index is 2.36. The first-order valence-electron chi connectivity index (χ1n) is 5.95. The van der Waals surface area contributed by atoms with Crippen molar-refractivity contribution in [3.8, 4) is 0 Å². The quantitative estimate of drug-likeness (QED) is 0.875. The summed E-state index contributed by atoms with van der Waals surface area (Å²) in [7, 11) is -4.15. The Kier molecular flexibility index (Phi) is 4.67. The lowest BCUT2D eigenvalue weighted by atomic mass is 10.2. The van der Waals surface area contributed by atoms with E-state index in [0.29, 0.717) is 5.01 Å². The van der Waals surface area contributed by atoms with Crippen LogP contribution in [0, 0.1) is 11.6 Å². The van der Waals surface area contributed by atoms with Crippen LogP contribution in [0.3, 0.4) is 0 Å². The Labute approximate surface area is 124 Å². The highest BCUT2D eigenvalue weighted by Gasteiger charge is 2.25. The van der Waals surface area contributed by atoms with Gasteiger partial charge < -0.3 is 5.73 Å². The Morgan fingerprint density at radius 3 is 2.71 bits per heavy atom. The predicted molar refractivity (Wildman–Crippen MR) is 75.1 cm³/mol. The van der Waals surface area contributed by atoms with Gasteiger partial charge in [0.2, 0.25) is 10.0 Å². The van der Waals surface area contributed by atoms with E-state index in [4.69, 9.17) is 5.73 Å². The van der Waals surface area contributed by atoms with Gasteiger partial charge in [-0.15, -0.1) is 11.3 Å². The number of nitrogens with zero attached hydrogens (tertiary/aromatic N) is 1. The molecule has 0 bridgehead atoms. The summed E-state index contributed by atoms with van der Waals surface area (Å²) < 4.78 is 54.1. The molecule has 1 unspecified atom stereocenters. The fraction of sp³-hybridized carbons (Fsp3) is 0.250. The maximum Gasteiger partial charge on any atom is 0.244 e. The summed E-state index contributed by atoms with van der Waals surface area (Å²) >= 11 is 1.27. The van der Waals surface area contributed by atoms with E-state index in [-0.39, 0.29) is 0 Å². The van der Waals surface area contributed by atoms with Crippen molar-refractivity contribution in [2.45, 2.75) is 24.4 Å². The number of halogens is 2. The van der Waals surface area contributed by atoms with Crippen LogP contribution in [0.1, 0.15) is 23.5 Å². The van der Waals surface area contributed by atoms with Gasteiger partial charge in [-0.05, 0) is 19.1 Å². The third kappa shape index (κ3) is 3.26. The largest absolute Gasteiger partial charge is 0.326 e. The van der Waals surface area contributed by atoms with Crippen molar-refractivity contribution in [3.05, 3.63) is 45.9 Å². The Bertz CT molecular complexity index is 733. The van der Waals surface area contributed by atoms with Crippen LogP contribution < -0.4 is 10.5 Å². The van der Waals surface area contributed by atoms with Gasteiger partial charge in [0.25, 0.3) is 0 Å². The topological polar surface area (TPSA) is 85.1 Å². The fourth-order valence-electron chi connectivity index (χ4n) is 1.77. The van der Waals surface area contributed by atoms with Gasteiger partial charge in [0.15, 0.2) is 5.82 Å². The van der Waals surface area contributed by atoms with Crippen molar-refractivity contribution in [1.29, 1.82) is 0 Å². The van der Waals surface area contributed by atoms with Crippen LogP contribution in [0.4, 0.5) is 8.78 Å². The van der Waals surface area contributed by atoms with Gasteiger partial charge in [-0.25, -0.2) is 26.9 Å². The molecule has 114 valence electrons. The van der Waals surface area contributed by atoms with E-state index >= 15 is 0 Å². The third-order valence-electron chi connectivity index (χ3n) is 2.80. The molecule has 5 nitrogen and oxygen atoms in total. The highest BCUT2D eigenvalue weighted by Crippen LogP contribution is 2.23. The first-order chi connectivity index (χ1) is 9.86. The van der Waals surface area contributed by atoms with Crippen LogP contribution in [0.2, 0.25) is 0 Å². The number of benzene rings is 1. The van der Waals surface area contributed by atoms with Gasteiger partial charge in [-0.1, -0.05) is 0 Å². The van der Waals surface area contributed by atoms with Gasteiger partial charge in [0.1, 0.15) is 15.7 Å². The number of nitrogens with two attached hydrogens (primary N) is 1. The molecule has 21 heavy (non-hydrogen) atoms. The van der Waals surface area contributed by atoms with Crippen molar-refractivity contribution < 1.29 is 17.2 Å². The molecule has 0 amide bonds. The molecule has 0 aliphatic rings. The molecule has 3 N–H and O–H groups in total. The van der Waals surface area contributed by atoms with E-state index in [9.17, 15) is 17.2 Å². The summed E-state index contributed by atoms with van der Waals surface area (Å²) in [6.07, 6.45) is 1.54. The second-order valence-corrected chi connectivity index (χ2v) is 6.86. The average Bonchev–Trinajstić information content (AvgIpc) is 2.92. The van der Waals surface area contributed by atoms with E-state index in [1.54, 1.807) is 12.3 Å². The zero-order valence-electron chi connectivity index (χ0n) is 11.0. The van der Waals surface area contributed by atoms with E-state index in [2.05, 4.69) is 9.71 Å². The van der Waals surface area contributed by atoms with Crippen molar-refractivity contribution >= 4 is 21.4 Å². The van der Waals surface area contributed by atoms with Gasteiger partial charge in [-0.2, -0.15) is 0 Å². The van der Waals surface area contributed by atoms with Gasteiger partial charge in [0.05, 0.1) is 6.04 Å². The molecule has 2 aromatic rings. The molecule has 0 aliphatic carbocycles. The normalized spacial score (nSPS) is 13.3. The molecule has 1 aromatic heterocycles. The smallest absolute Gasteiger partial charge is 0.244 e. The summed E-state index contributed by atoms with van der Waals surface area (Å²) in [6, 6.07) is 1.13. The monoisotopic (exact) mass is 333 g/mol. The maximum absolute atomic E-state index is 14.1. The first kappa shape index (κ1) is 16.0. The van der Waals surface area contributed by atoms with E-state index in [1.807, 2.05) is 0 Å². The minimum atomic E-state index is -4.15. The fourth-order valence-corrected chi connectivity index (χ4v) is 3.80. The standard InChI is InChI=1S/C12H13F2N3O2S2/c1-7(12-16-4-5-20-12)17-21(18,19)10-3-2-9(13)8(6-15)11(10)14/h2-5,7,17H,6,15H2,1H3. The van der Waals surface area contributed by atoms with E-state index in [1.165, 1.54) is 17.5 Å². The highest BCUT2D eigenvalue weighted by molar-refractivity contribution is 7.89. The lowest BCUT2D eigenvalue weighted by molar-refractivity contribution is 0.521. The van der Waals surface area contributed by atoms with Crippen LogP contribution in [-0.4, -0.2) is 13.4 Å². The molecule has 9 heteroatoms. The van der Waals surface area contributed by atoms with E-state index < -0.39 is 44.7 Å². The summed E-state index contributed by atoms with van der Waals surface area (Å²) in [5.74, 6) is -2.04. The molecule has 0 saturated carbocycles. The Morgan fingerprint density at radius 1 is 1.43 bits per heavy atom. The van der Waals surface area contributed by atoms with Gasteiger partial charge in [0, 0.05) is 23.7 Å². The highest BCUT2D eigenvalue weighted by atomic mass is 32.2. The number of aromatic nitrogens is 1. The Morgan fingerprint density at radius 2 is 2.14 bits per heavy atom. The van der Waals surface area contributed by atoms with Crippen LogP contribution in [-0.2, 0) is 16.6 Å². The molecule has 1 aromatic carbocycles. The average molecular weight is 333 g/mol. The van der Waals surface area contributed by atoms with Crippen molar-refractivity contribution in [3.63, 3.8) is 0 Å². The first-order valence-corrected chi connectivity index (χ1v) is 8.31.